The summed E-state index contributed by atoms with van der Waals surface area (Å²) in [7, 11) is 0. The normalized spacial score (nSPS) is 46.2. The predicted octanol–water partition coefficient (Wildman–Crippen LogP) is 8.34. The van der Waals surface area contributed by atoms with E-state index in [4.69, 9.17) is 4.74 Å². The largest absolute Gasteiger partial charge is 0.465 e. The van der Waals surface area contributed by atoms with Gasteiger partial charge in [-0.05, 0) is 142 Å². The molecule has 1 amide bonds. The number of piperidine rings is 1. The van der Waals surface area contributed by atoms with Crippen molar-refractivity contribution < 1.29 is 19.4 Å². The fraction of sp³-hybridized carbons (Fsp3) is 0.897. The Morgan fingerprint density at radius 1 is 0.818 bits per heavy atom. The van der Waals surface area contributed by atoms with E-state index in [1.165, 1.54) is 44.1 Å². The molecule has 0 bridgehead atoms. The van der Waals surface area contributed by atoms with Crippen LogP contribution in [-0.4, -0.2) is 47.7 Å². The topological polar surface area (TPSA) is 66.8 Å². The highest BCUT2D eigenvalue weighted by molar-refractivity contribution is 5.81. The number of hydrogen-bond acceptors (Lipinski definition) is 4. The number of carbonyl (C=O) groups is 2. The molecule has 0 radical (unpaired) electrons. The molecule has 5 aliphatic carbocycles. The van der Waals surface area contributed by atoms with Crippen molar-refractivity contribution in [2.24, 2.45) is 56.7 Å². The smallest absolute Gasteiger partial charge is 0.306 e. The lowest BCUT2D eigenvalue weighted by Crippen LogP contribution is -2.66. The van der Waals surface area contributed by atoms with E-state index in [9.17, 15) is 14.7 Å². The standard InChI is InChI=1S/C39H63NO4/c1-26(2)27-15-20-39(25-44-33(43)14-13-32(42)40-23-9-8-10-24-40)22-21-37(6)28(34(27)39)11-12-30-36(5)18-17-31(41)35(3,4)29(36)16-19-38(30,37)7/h27-31,34,41H,1,8-25H2,2-7H3/t27-,28+,29-,30+,31-,34+,36-,37+,38+,39+/m0/s1. The molecule has 0 aromatic rings. The Balaban J connectivity index is 1.20. The Bertz CT molecular complexity index is 1140. The molecule has 6 aliphatic rings. The van der Waals surface area contributed by atoms with Crippen LogP contribution in [0, 0.1) is 56.7 Å². The van der Waals surface area contributed by atoms with Gasteiger partial charge in [-0.2, -0.15) is 0 Å². The fourth-order valence-corrected chi connectivity index (χ4v) is 13.3. The molecule has 5 saturated carbocycles. The van der Waals surface area contributed by atoms with E-state index in [1.807, 2.05) is 4.90 Å². The van der Waals surface area contributed by atoms with Gasteiger partial charge in [-0.15, -0.1) is 0 Å². The van der Waals surface area contributed by atoms with E-state index in [1.54, 1.807) is 0 Å². The number of aliphatic hydroxyl groups is 1. The number of rotatable bonds is 6. The number of aliphatic hydroxyl groups excluding tert-OH is 1. The summed E-state index contributed by atoms with van der Waals surface area (Å²) in [6.07, 6.45) is 15.4. The average Bonchev–Trinajstić information content (AvgIpc) is 3.38. The van der Waals surface area contributed by atoms with Crippen molar-refractivity contribution in [2.45, 2.75) is 144 Å². The molecular formula is C39H63NO4. The Hall–Kier alpha value is -1.36. The Kier molecular flexibility index (Phi) is 8.45. The zero-order chi connectivity index (χ0) is 31.7. The van der Waals surface area contributed by atoms with Crippen LogP contribution in [0.5, 0.6) is 0 Å². The third-order valence-corrected chi connectivity index (χ3v) is 16.0. The average molecular weight is 610 g/mol. The van der Waals surface area contributed by atoms with Crippen molar-refractivity contribution in [3.05, 3.63) is 12.2 Å². The minimum absolute atomic E-state index is 0.0213. The van der Waals surface area contributed by atoms with Gasteiger partial charge in [0, 0.05) is 24.9 Å². The predicted molar refractivity (Wildman–Crippen MR) is 176 cm³/mol. The number of esters is 1. The summed E-state index contributed by atoms with van der Waals surface area (Å²) in [5.41, 5.74) is 2.13. The lowest BCUT2D eigenvalue weighted by molar-refractivity contribution is -0.250. The van der Waals surface area contributed by atoms with Crippen LogP contribution in [0.15, 0.2) is 12.2 Å². The molecule has 6 rings (SSSR count). The SMILES string of the molecule is C=C(C)[C@@H]1CC[C@]2(COC(=O)CCC(=O)N3CCCCC3)CC[C@]3(C)[C@H](CC[C@@H]4[C@@]5(C)CC[C@H](O)C(C)(C)[C@@H]5CC[C@]43C)[C@@H]12. The summed E-state index contributed by atoms with van der Waals surface area (Å²) >= 11 is 0. The van der Waals surface area contributed by atoms with Gasteiger partial charge in [0.1, 0.15) is 0 Å². The summed E-state index contributed by atoms with van der Waals surface area (Å²) in [4.78, 5) is 27.7. The highest BCUT2D eigenvalue weighted by Crippen LogP contribution is 2.77. The number of ether oxygens (including phenoxy) is 1. The van der Waals surface area contributed by atoms with Gasteiger partial charge >= 0.3 is 5.97 Å². The molecule has 1 heterocycles. The first-order valence-electron chi connectivity index (χ1n) is 18.5. The minimum Gasteiger partial charge on any atom is -0.465 e. The first-order chi connectivity index (χ1) is 20.7. The number of likely N-dealkylation sites (tertiary alicyclic amines) is 1. The summed E-state index contributed by atoms with van der Waals surface area (Å²) < 4.78 is 6.15. The number of carbonyl (C=O) groups excluding carboxylic acids is 2. The molecule has 5 heteroatoms. The molecule has 6 fully saturated rings. The van der Waals surface area contributed by atoms with Crippen LogP contribution in [-0.2, 0) is 14.3 Å². The van der Waals surface area contributed by atoms with Crippen LogP contribution < -0.4 is 0 Å². The second-order valence-electron chi connectivity index (χ2n) is 18.0. The van der Waals surface area contributed by atoms with Crippen LogP contribution in [0.1, 0.15) is 138 Å². The lowest BCUT2D eigenvalue weighted by Gasteiger charge is -2.73. The number of hydrogen-bond donors (Lipinski definition) is 1. The summed E-state index contributed by atoms with van der Waals surface area (Å²) in [5, 5.41) is 11.0. The van der Waals surface area contributed by atoms with Gasteiger partial charge in [-0.3, -0.25) is 9.59 Å². The van der Waals surface area contributed by atoms with E-state index < -0.39 is 0 Å². The maximum absolute atomic E-state index is 13.1. The van der Waals surface area contributed by atoms with E-state index in [-0.39, 0.29) is 57.9 Å². The Morgan fingerprint density at radius 2 is 1.55 bits per heavy atom. The number of nitrogens with zero attached hydrogens (tertiary/aromatic N) is 1. The van der Waals surface area contributed by atoms with Crippen LogP contribution in [0.4, 0.5) is 0 Å². The molecule has 248 valence electrons. The Labute approximate surface area is 268 Å². The second kappa shape index (κ2) is 11.4. The molecule has 0 spiro atoms. The van der Waals surface area contributed by atoms with Gasteiger partial charge < -0.3 is 14.7 Å². The van der Waals surface area contributed by atoms with Gasteiger partial charge in [-0.25, -0.2) is 0 Å². The molecule has 0 unspecified atom stereocenters. The van der Waals surface area contributed by atoms with E-state index >= 15 is 0 Å². The third kappa shape index (κ3) is 4.86. The van der Waals surface area contributed by atoms with Gasteiger partial charge in [0.25, 0.3) is 0 Å². The maximum atomic E-state index is 13.1. The lowest BCUT2D eigenvalue weighted by atomic mass is 9.32. The van der Waals surface area contributed by atoms with E-state index in [2.05, 4.69) is 48.1 Å². The van der Waals surface area contributed by atoms with E-state index in [0.717, 1.165) is 58.0 Å². The molecule has 5 nitrogen and oxygen atoms in total. The quantitative estimate of drug-likeness (QED) is 0.243. The highest BCUT2D eigenvalue weighted by atomic mass is 16.5. The molecule has 1 N–H and O–H groups in total. The molecule has 44 heavy (non-hydrogen) atoms. The van der Waals surface area contributed by atoms with Crippen LogP contribution in [0.2, 0.25) is 0 Å². The van der Waals surface area contributed by atoms with Crippen molar-refractivity contribution in [1.29, 1.82) is 0 Å². The van der Waals surface area contributed by atoms with E-state index in [0.29, 0.717) is 36.2 Å². The van der Waals surface area contributed by atoms with Crippen LogP contribution >= 0.6 is 0 Å². The third-order valence-electron chi connectivity index (χ3n) is 16.0. The minimum atomic E-state index is -0.195. The van der Waals surface area contributed by atoms with Crippen molar-refractivity contribution in [2.75, 3.05) is 19.7 Å². The fourth-order valence-electron chi connectivity index (χ4n) is 13.3. The molecule has 1 aliphatic heterocycles. The monoisotopic (exact) mass is 609 g/mol. The number of amides is 1. The van der Waals surface area contributed by atoms with Crippen molar-refractivity contribution in [3.63, 3.8) is 0 Å². The first kappa shape index (κ1) is 32.6. The van der Waals surface area contributed by atoms with Crippen molar-refractivity contribution >= 4 is 11.9 Å². The van der Waals surface area contributed by atoms with Gasteiger partial charge in [0.05, 0.1) is 19.1 Å². The maximum Gasteiger partial charge on any atom is 0.306 e. The molecule has 1 saturated heterocycles. The summed E-state index contributed by atoms with van der Waals surface area (Å²) in [6.45, 7) is 21.5. The molecule has 0 aromatic heterocycles. The summed E-state index contributed by atoms with van der Waals surface area (Å²) in [5.74, 6) is 2.80. The van der Waals surface area contributed by atoms with Crippen molar-refractivity contribution in [3.8, 4) is 0 Å². The number of fused-ring (bicyclic) bond motifs is 7. The zero-order valence-corrected chi connectivity index (χ0v) is 29.0. The molecular weight excluding hydrogens is 546 g/mol. The Morgan fingerprint density at radius 3 is 2.25 bits per heavy atom. The van der Waals surface area contributed by atoms with Crippen LogP contribution in [0.3, 0.4) is 0 Å². The van der Waals surface area contributed by atoms with Gasteiger partial charge in [-0.1, -0.05) is 46.8 Å². The van der Waals surface area contributed by atoms with Gasteiger partial charge in [0.2, 0.25) is 5.91 Å². The highest BCUT2D eigenvalue weighted by Gasteiger charge is 2.71. The molecule has 0 aromatic carbocycles. The van der Waals surface area contributed by atoms with Crippen molar-refractivity contribution in [1.82, 2.24) is 4.90 Å². The second-order valence-corrected chi connectivity index (χ2v) is 18.0. The van der Waals surface area contributed by atoms with Gasteiger partial charge in [0.15, 0.2) is 0 Å². The van der Waals surface area contributed by atoms with Crippen LogP contribution in [0.25, 0.3) is 0 Å². The number of allylic oxidation sites excluding steroid dienone is 1. The molecule has 10 atom stereocenters. The first-order valence-corrected chi connectivity index (χ1v) is 18.5. The zero-order valence-electron chi connectivity index (χ0n) is 29.0. The summed E-state index contributed by atoms with van der Waals surface area (Å²) in [6, 6.07) is 0.